The molecular weight excluding hydrogens is 304 g/mol. The minimum absolute atomic E-state index is 0.243. The van der Waals surface area contributed by atoms with Crippen molar-refractivity contribution in [2.75, 3.05) is 13.7 Å². The van der Waals surface area contributed by atoms with Crippen molar-refractivity contribution >= 4 is 0 Å². The fourth-order valence-corrected chi connectivity index (χ4v) is 5.71. The molecule has 0 aromatic carbocycles. The normalized spacial score (nSPS) is 38.4. The second kappa shape index (κ2) is 8.03. The third kappa shape index (κ3) is 4.32. The highest BCUT2D eigenvalue weighted by atomic mass is 16.5. The zero-order chi connectivity index (χ0) is 18.0. The smallest absolute Gasteiger partial charge is 0.0874 e. The summed E-state index contributed by atoms with van der Waals surface area (Å²) < 4.78 is 5.77. The molecule has 0 saturated heterocycles. The van der Waals surface area contributed by atoms with Crippen LogP contribution in [0.5, 0.6) is 0 Å². The van der Waals surface area contributed by atoms with Gasteiger partial charge in [-0.3, -0.25) is 0 Å². The molecule has 0 aliphatic heterocycles. The van der Waals surface area contributed by atoms with Gasteiger partial charge in [-0.2, -0.15) is 0 Å². The zero-order valence-corrected chi connectivity index (χ0v) is 16.0. The van der Waals surface area contributed by atoms with Gasteiger partial charge in [-0.05, 0) is 68.6 Å². The molecule has 7 unspecified atom stereocenters. The van der Waals surface area contributed by atoms with E-state index in [0.717, 1.165) is 6.42 Å². The van der Waals surface area contributed by atoms with Crippen molar-refractivity contribution in [3.63, 3.8) is 0 Å². The van der Waals surface area contributed by atoms with Crippen molar-refractivity contribution in [2.24, 2.45) is 23.2 Å². The van der Waals surface area contributed by atoms with E-state index < -0.39 is 11.7 Å². The Morgan fingerprint density at radius 2 is 1.96 bits per heavy atom. The van der Waals surface area contributed by atoms with Crippen molar-refractivity contribution in [1.82, 2.24) is 0 Å². The van der Waals surface area contributed by atoms with E-state index in [4.69, 9.17) is 9.84 Å². The third-order valence-electron chi connectivity index (χ3n) is 7.10. The van der Waals surface area contributed by atoms with Crippen LogP contribution in [0.15, 0.2) is 0 Å². The quantitative estimate of drug-likeness (QED) is 0.634. The predicted molar refractivity (Wildman–Crippen MR) is 95.7 cm³/mol. The molecule has 7 atom stereocenters. The topological polar surface area (TPSA) is 69.9 Å². The van der Waals surface area contributed by atoms with Crippen molar-refractivity contribution in [3.05, 3.63) is 0 Å². The van der Waals surface area contributed by atoms with Crippen LogP contribution in [-0.2, 0) is 4.74 Å². The highest BCUT2D eigenvalue weighted by Gasteiger charge is 2.52. The second-order valence-corrected chi connectivity index (χ2v) is 9.03. The molecule has 0 aromatic heterocycles. The summed E-state index contributed by atoms with van der Waals surface area (Å²) in [7, 11) is 1.86. The van der Waals surface area contributed by atoms with Gasteiger partial charge >= 0.3 is 0 Å². The van der Waals surface area contributed by atoms with Crippen molar-refractivity contribution in [1.29, 1.82) is 0 Å². The lowest BCUT2D eigenvalue weighted by atomic mass is 9.61. The van der Waals surface area contributed by atoms with E-state index in [0.29, 0.717) is 35.7 Å². The highest BCUT2D eigenvalue weighted by molar-refractivity contribution is 5.02. The van der Waals surface area contributed by atoms with E-state index in [9.17, 15) is 10.2 Å². The van der Waals surface area contributed by atoms with E-state index in [-0.39, 0.29) is 13.0 Å². The van der Waals surface area contributed by atoms with Crippen LogP contribution in [0.2, 0.25) is 0 Å². The maximum absolute atomic E-state index is 10.2. The molecule has 0 aromatic rings. The largest absolute Gasteiger partial charge is 0.393 e. The summed E-state index contributed by atoms with van der Waals surface area (Å²) >= 11 is 0. The maximum atomic E-state index is 10.2. The number of fused-ring (bicyclic) bond motifs is 1. The van der Waals surface area contributed by atoms with Crippen LogP contribution < -0.4 is 0 Å². The molecular formula is C20H38O4. The number of rotatable bonds is 8. The summed E-state index contributed by atoms with van der Waals surface area (Å²) in [6.45, 7) is 6.06. The Labute approximate surface area is 147 Å². The first-order valence-electron chi connectivity index (χ1n) is 9.77. The second-order valence-electron chi connectivity index (χ2n) is 9.03. The van der Waals surface area contributed by atoms with Gasteiger partial charge in [0.25, 0.3) is 0 Å². The van der Waals surface area contributed by atoms with Gasteiger partial charge in [-0.25, -0.2) is 0 Å². The Kier molecular flexibility index (Phi) is 6.74. The van der Waals surface area contributed by atoms with E-state index in [1.165, 1.54) is 32.1 Å². The van der Waals surface area contributed by atoms with E-state index >= 15 is 0 Å². The van der Waals surface area contributed by atoms with Crippen LogP contribution >= 0.6 is 0 Å². The van der Waals surface area contributed by atoms with Crippen LogP contribution in [-0.4, -0.2) is 46.8 Å². The molecule has 2 fully saturated rings. The fraction of sp³-hybridized carbons (Fsp3) is 1.00. The average molecular weight is 343 g/mol. The summed E-state index contributed by atoms with van der Waals surface area (Å²) in [5, 5.41) is 29.2. The zero-order valence-electron chi connectivity index (χ0n) is 16.0. The molecule has 0 spiro atoms. The molecule has 4 heteroatoms. The number of hydrogen-bond donors (Lipinski definition) is 3. The first-order chi connectivity index (χ1) is 11.2. The Bertz CT molecular complexity index is 397. The number of ether oxygens (including phenoxy) is 1. The third-order valence-corrected chi connectivity index (χ3v) is 7.10. The Balaban J connectivity index is 1.90. The van der Waals surface area contributed by atoms with Gasteiger partial charge in [0.2, 0.25) is 0 Å². The molecule has 0 radical (unpaired) electrons. The first kappa shape index (κ1) is 20.2. The van der Waals surface area contributed by atoms with Gasteiger partial charge in [0.05, 0.1) is 24.4 Å². The average Bonchev–Trinajstić information content (AvgIpc) is 2.89. The van der Waals surface area contributed by atoms with Gasteiger partial charge in [0.1, 0.15) is 0 Å². The molecule has 0 heterocycles. The van der Waals surface area contributed by atoms with E-state index in [1.54, 1.807) is 6.92 Å². The predicted octanol–water partition coefficient (Wildman–Crippen LogP) is 3.13. The lowest BCUT2D eigenvalue weighted by Gasteiger charge is -2.46. The lowest BCUT2D eigenvalue weighted by Crippen LogP contribution is -2.42. The van der Waals surface area contributed by atoms with Gasteiger partial charge in [0, 0.05) is 13.5 Å². The minimum atomic E-state index is -1.18. The van der Waals surface area contributed by atoms with Crippen LogP contribution in [0.1, 0.15) is 72.1 Å². The van der Waals surface area contributed by atoms with Crippen molar-refractivity contribution in [3.8, 4) is 0 Å². The van der Waals surface area contributed by atoms with Crippen molar-refractivity contribution < 1.29 is 20.1 Å². The number of aliphatic hydroxyl groups excluding tert-OH is 2. The number of methoxy groups -OCH3 is 1. The highest BCUT2D eigenvalue weighted by Crippen LogP contribution is 2.58. The van der Waals surface area contributed by atoms with Crippen LogP contribution in [0, 0.1) is 23.2 Å². The Hall–Kier alpha value is -0.160. The van der Waals surface area contributed by atoms with Crippen LogP contribution in [0.25, 0.3) is 0 Å². The molecule has 2 aliphatic rings. The standard InChI is InChI=1S/C20H38O4/c1-14(7-8-15(22)12-19(2,23)13-21)16-9-10-17-18(24-4)6-5-11-20(16,17)3/h14-18,21-23H,5-13H2,1-4H3. The fourth-order valence-electron chi connectivity index (χ4n) is 5.71. The summed E-state index contributed by atoms with van der Waals surface area (Å²) in [6, 6.07) is 0. The van der Waals surface area contributed by atoms with E-state index in [1.807, 2.05) is 7.11 Å². The molecule has 24 heavy (non-hydrogen) atoms. The summed E-state index contributed by atoms with van der Waals surface area (Å²) in [6.07, 6.45) is 8.10. The van der Waals surface area contributed by atoms with Gasteiger partial charge < -0.3 is 20.1 Å². The Morgan fingerprint density at radius 1 is 1.25 bits per heavy atom. The number of hydrogen-bond acceptors (Lipinski definition) is 4. The Morgan fingerprint density at radius 3 is 2.58 bits per heavy atom. The molecule has 2 rings (SSSR count). The first-order valence-corrected chi connectivity index (χ1v) is 9.77. The molecule has 2 aliphatic carbocycles. The molecule has 142 valence electrons. The SMILES string of the molecule is COC1CCCC2(C)C(C(C)CCC(O)CC(C)(O)CO)CCC12. The minimum Gasteiger partial charge on any atom is -0.393 e. The molecule has 0 amide bonds. The lowest BCUT2D eigenvalue weighted by molar-refractivity contribution is -0.0535. The maximum Gasteiger partial charge on any atom is 0.0874 e. The van der Waals surface area contributed by atoms with E-state index in [2.05, 4.69) is 13.8 Å². The van der Waals surface area contributed by atoms with Gasteiger partial charge in [-0.15, -0.1) is 0 Å². The monoisotopic (exact) mass is 342 g/mol. The summed E-state index contributed by atoms with van der Waals surface area (Å²) in [5.74, 6) is 1.96. The molecule has 3 N–H and O–H groups in total. The molecule has 2 saturated carbocycles. The summed E-state index contributed by atoms with van der Waals surface area (Å²) in [4.78, 5) is 0. The van der Waals surface area contributed by atoms with Gasteiger partial charge in [-0.1, -0.05) is 20.3 Å². The van der Waals surface area contributed by atoms with Crippen LogP contribution in [0.3, 0.4) is 0 Å². The number of aliphatic hydroxyl groups is 3. The molecule has 4 nitrogen and oxygen atoms in total. The molecule has 0 bridgehead atoms. The van der Waals surface area contributed by atoms with Crippen LogP contribution in [0.4, 0.5) is 0 Å². The van der Waals surface area contributed by atoms with Gasteiger partial charge in [0.15, 0.2) is 0 Å². The van der Waals surface area contributed by atoms with Crippen molar-refractivity contribution in [2.45, 2.75) is 89.9 Å². The summed E-state index contributed by atoms with van der Waals surface area (Å²) in [5.41, 5.74) is -0.804.